The van der Waals surface area contributed by atoms with E-state index in [-0.39, 0.29) is 5.56 Å². The number of nitrogens with zero attached hydrogens (tertiary/aromatic N) is 1. The monoisotopic (exact) mass is 272 g/mol. The summed E-state index contributed by atoms with van der Waals surface area (Å²) in [6.07, 6.45) is 0.795. The molecule has 1 heterocycles. The number of hydrogen-bond donors (Lipinski definition) is 1. The van der Waals surface area contributed by atoms with Crippen molar-refractivity contribution in [1.82, 2.24) is 9.97 Å². The molecule has 0 amide bonds. The van der Waals surface area contributed by atoms with Gasteiger partial charge in [0.2, 0.25) is 0 Å². The quantitative estimate of drug-likeness (QED) is 0.910. The Bertz CT molecular complexity index is 632. The van der Waals surface area contributed by atoms with Crippen molar-refractivity contribution in [2.45, 2.75) is 26.9 Å². The molecule has 0 aliphatic heterocycles. The van der Waals surface area contributed by atoms with E-state index >= 15 is 0 Å². The van der Waals surface area contributed by atoms with Crippen molar-refractivity contribution in [1.29, 1.82) is 0 Å². The topological polar surface area (TPSA) is 55.0 Å². The zero-order valence-corrected chi connectivity index (χ0v) is 12.1. The third-order valence-corrected chi connectivity index (χ3v) is 2.98. The van der Waals surface area contributed by atoms with Crippen LogP contribution in [0.4, 0.5) is 0 Å². The van der Waals surface area contributed by atoms with E-state index in [4.69, 9.17) is 4.74 Å². The number of aromatic amines is 1. The number of nitrogens with one attached hydrogen (secondary N) is 1. The molecule has 20 heavy (non-hydrogen) atoms. The number of rotatable bonds is 5. The van der Waals surface area contributed by atoms with Crippen LogP contribution in [0.5, 0.6) is 0 Å². The van der Waals surface area contributed by atoms with Crippen LogP contribution in [0.1, 0.15) is 25.1 Å². The molecule has 0 radical (unpaired) electrons. The first-order chi connectivity index (χ1) is 9.60. The number of benzene rings is 1. The fraction of sp³-hybridized carbons (Fsp3) is 0.375. The molecule has 2 rings (SSSR count). The van der Waals surface area contributed by atoms with Crippen LogP contribution in [-0.4, -0.2) is 17.1 Å². The van der Waals surface area contributed by atoms with E-state index in [0.717, 1.165) is 23.2 Å². The van der Waals surface area contributed by atoms with Gasteiger partial charge in [-0.05, 0) is 17.9 Å². The Morgan fingerprint density at radius 2 is 2.05 bits per heavy atom. The fourth-order valence-electron chi connectivity index (χ4n) is 2.19. The van der Waals surface area contributed by atoms with Crippen molar-refractivity contribution < 1.29 is 4.74 Å². The second kappa shape index (κ2) is 6.48. The summed E-state index contributed by atoms with van der Waals surface area (Å²) in [6.45, 7) is 4.72. The smallest absolute Gasteiger partial charge is 0.251 e. The van der Waals surface area contributed by atoms with Gasteiger partial charge in [-0.25, -0.2) is 4.98 Å². The minimum absolute atomic E-state index is 0.113. The molecule has 0 aliphatic carbocycles. The van der Waals surface area contributed by atoms with Crippen LogP contribution in [0, 0.1) is 5.92 Å². The van der Waals surface area contributed by atoms with E-state index in [2.05, 4.69) is 23.8 Å². The van der Waals surface area contributed by atoms with Gasteiger partial charge in [0.25, 0.3) is 5.56 Å². The van der Waals surface area contributed by atoms with Crippen LogP contribution in [0.15, 0.2) is 35.1 Å². The summed E-state index contributed by atoms with van der Waals surface area (Å²) < 4.78 is 5.20. The first kappa shape index (κ1) is 14.5. The van der Waals surface area contributed by atoms with Gasteiger partial charge in [-0.1, -0.05) is 38.1 Å². The maximum Gasteiger partial charge on any atom is 0.251 e. The second-order valence-corrected chi connectivity index (χ2v) is 5.27. The lowest BCUT2D eigenvalue weighted by Gasteiger charge is -2.10. The van der Waals surface area contributed by atoms with Crippen molar-refractivity contribution in [3.63, 3.8) is 0 Å². The lowest BCUT2D eigenvalue weighted by Crippen LogP contribution is -2.12. The number of hydrogen-bond acceptors (Lipinski definition) is 3. The summed E-state index contributed by atoms with van der Waals surface area (Å²) in [5, 5.41) is 0. The second-order valence-electron chi connectivity index (χ2n) is 5.27. The maximum atomic E-state index is 11.8. The largest absolute Gasteiger partial charge is 0.380 e. The van der Waals surface area contributed by atoms with Gasteiger partial charge in [0.1, 0.15) is 5.82 Å². The Labute approximate surface area is 118 Å². The molecule has 0 unspecified atom stereocenters. The van der Waals surface area contributed by atoms with Crippen molar-refractivity contribution in [2.24, 2.45) is 5.92 Å². The Morgan fingerprint density at radius 1 is 1.30 bits per heavy atom. The molecule has 1 N–H and O–H groups in total. The van der Waals surface area contributed by atoms with Crippen molar-refractivity contribution in [2.75, 3.05) is 7.11 Å². The summed E-state index contributed by atoms with van der Waals surface area (Å²) in [4.78, 5) is 19.2. The SMILES string of the molecule is COCc1ccccc1-c1nc(CC(C)C)cc(=O)[nH]1. The number of aromatic nitrogens is 2. The van der Waals surface area contributed by atoms with Gasteiger partial charge in [0.15, 0.2) is 0 Å². The molecule has 0 aliphatic rings. The molecule has 1 aromatic heterocycles. The predicted octanol–water partition coefficient (Wildman–Crippen LogP) is 2.78. The van der Waals surface area contributed by atoms with Crippen molar-refractivity contribution >= 4 is 0 Å². The lowest BCUT2D eigenvalue weighted by molar-refractivity contribution is 0.185. The van der Waals surface area contributed by atoms with Crippen LogP contribution in [0.25, 0.3) is 11.4 Å². The highest BCUT2D eigenvalue weighted by Crippen LogP contribution is 2.20. The number of H-pyrrole nitrogens is 1. The molecule has 0 fully saturated rings. The summed E-state index contributed by atoms with van der Waals surface area (Å²) in [7, 11) is 1.65. The van der Waals surface area contributed by atoms with Crippen LogP contribution in [-0.2, 0) is 17.8 Å². The Morgan fingerprint density at radius 3 is 2.75 bits per heavy atom. The van der Waals surface area contributed by atoms with E-state index < -0.39 is 0 Å². The number of methoxy groups -OCH3 is 1. The summed E-state index contributed by atoms with van der Waals surface area (Å²) in [5.74, 6) is 1.08. The molecule has 1 aromatic carbocycles. The van der Waals surface area contributed by atoms with Crippen LogP contribution >= 0.6 is 0 Å². The minimum Gasteiger partial charge on any atom is -0.380 e. The maximum absolute atomic E-state index is 11.8. The van der Waals surface area contributed by atoms with Gasteiger partial charge >= 0.3 is 0 Å². The molecule has 106 valence electrons. The average molecular weight is 272 g/mol. The normalized spacial score (nSPS) is 11.0. The highest BCUT2D eigenvalue weighted by Gasteiger charge is 2.09. The number of ether oxygens (including phenoxy) is 1. The van der Waals surface area contributed by atoms with Gasteiger partial charge in [-0.2, -0.15) is 0 Å². The molecule has 4 nitrogen and oxygen atoms in total. The third-order valence-electron chi connectivity index (χ3n) is 2.98. The standard InChI is InChI=1S/C16H20N2O2/c1-11(2)8-13-9-15(19)18-16(17-13)14-7-5-4-6-12(14)10-20-3/h4-7,9,11H,8,10H2,1-3H3,(H,17,18,19). The van der Waals surface area contributed by atoms with Gasteiger partial charge in [0, 0.05) is 24.4 Å². The molecule has 0 spiro atoms. The molecule has 0 atom stereocenters. The fourth-order valence-corrected chi connectivity index (χ4v) is 2.19. The summed E-state index contributed by atoms with van der Waals surface area (Å²) >= 11 is 0. The third kappa shape index (κ3) is 3.54. The molecule has 0 saturated carbocycles. The molecular weight excluding hydrogens is 252 g/mol. The zero-order chi connectivity index (χ0) is 14.5. The van der Waals surface area contributed by atoms with Crippen LogP contribution in [0.3, 0.4) is 0 Å². The predicted molar refractivity (Wildman–Crippen MR) is 79.5 cm³/mol. The van der Waals surface area contributed by atoms with E-state index in [1.807, 2.05) is 24.3 Å². The molecule has 4 heteroatoms. The highest BCUT2D eigenvalue weighted by atomic mass is 16.5. The molecule has 0 saturated heterocycles. The highest BCUT2D eigenvalue weighted by molar-refractivity contribution is 5.59. The van der Waals surface area contributed by atoms with Gasteiger partial charge in [-0.15, -0.1) is 0 Å². The Balaban J connectivity index is 2.47. The molecule has 0 bridgehead atoms. The van der Waals surface area contributed by atoms with Crippen LogP contribution < -0.4 is 5.56 Å². The van der Waals surface area contributed by atoms with Crippen molar-refractivity contribution in [3.8, 4) is 11.4 Å². The average Bonchev–Trinajstić information content (AvgIpc) is 2.38. The van der Waals surface area contributed by atoms with Gasteiger partial charge < -0.3 is 9.72 Å². The van der Waals surface area contributed by atoms with Gasteiger partial charge in [0.05, 0.1) is 6.61 Å². The van der Waals surface area contributed by atoms with Gasteiger partial charge in [-0.3, -0.25) is 4.79 Å². The zero-order valence-electron chi connectivity index (χ0n) is 12.1. The van der Waals surface area contributed by atoms with Crippen molar-refractivity contribution in [3.05, 3.63) is 51.9 Å². The van der Waals surface area contributed by atoms with E-state index in [1.54, 1.807) is 13.2 Å². The van der Waals surface area contributed by atoms with Crippen LogP contribution in [0.2, 0.25) is 0 Å². The minimum atomic E-state index is -0.113. The van der Waals surface area contributed by atoms with E-state index in [1.165, 1.54) is 0 Å². The summed E-state index contributed by atoms with van der Waals surface area (Å²) in [5.41, 5.74) is 2.64. The van der Waals surface area contributed by atoms with E-state index in [0.29, 0.717) is 18.3 Å². The molecule has 2 aromatic rings. The Hall–Kier alpha value is -1.94. The first-order valence-corrected chi connectivity index (χ1v) is 6.77. The lowest BCUT2D eigenvalue weighted by atomic mass is 10.1. The van der Waals surface area contributed by atoms with E-state index in [9.17, 15) is 4.79 Å². The Kier molecular flexibility index (Phi) is 4.69. The molecular formula is C16H20N2O2. The first-order valence-electron chi connectivity index (χ1n) is 6.77. The summed E-state index contributed by atoms with van der Waals surface area (Å²) in [6, 6.07) is 9.39.